The van der Waals surface area contributed by atoms with Crippen LogP contribution in [-0.2, 0) is 4.74 Å². The molecule has 1 atom stereocenters. The fourth-order valence-electron chi connectivity index (χ4n) is 1.86. The summed E-state index contributed by atoms with van der Waals surface area (Å²) in [6.07, 6.45) is -0.518. The van der Waals surface area contributed by atoms with Gasteiger partial charge in [0.1, 0.15) is 11.6 Å². The summed E-state index contributed by atoms with van der Waals surface area (Å²) in [6, 6.07) is 7.38. The van der Waals surface area contributed by atoms with Gasteiger partial charge in [0, 0.05) is 5.56 Å². The van der Waals surface area contributed by atoms with Crippen molar-refractivity contribution in [1.29, 1.82) is 0 Å². The number of rotatable bonds is 3. The van der Waals surface area contributed by atoms with Gasteiger partial charge in [0.25, 0.3) is 0 Å². The summed E-state index contributed by atoms with van der Waals surface area (Å²) < 4.78 is 10.4. The number of amides is 1. The maximum Gasteiger partial charge on any atom is 0.408 e. The van der Waals surface area contributed by atoms with E-state index < -0.39 is 17.7 Å². The molecule has 0 unspecified atom stereocenters. The van der Waals surface area contributed by atoms with Crippen molar-refractivity contribution in [1.82, 2.24) is 15.5 Å². The van der Waals surface area contributed by atoms with Gasteiger partial charge in [0.05, 0.1) is 0 Å². The Labute approximate surface area is 129 Å². The third-order valence-electron chi connectivity index (χ3n) is 2.82. The molecule has 0 spiro atoms. The molecule has 2 rings (SSSR count). The Kier molecular flexibility index (Phi) is 4.49. The molecule has 0 saturated heterocycles. The van der Waals surface area contributed by atoms with E-state index >= 15 is 0 Å². The number of ether oxygens (including phenoxy) is 1. The standard InChI is InChI=1S/C16H21N3O3/c1-10-7-6-8-12(9-10)13-18-14(22-19-13)11(2)17-15(20)21-16(3,4)5/h6-9,11H,1-5H3,(H,17,20)/t11-/m0/s1. The summed E-state index contributed by atoms with van der Waals surface area (Å²) in [5.41, 5.74) is 1.44. The number of aromatic nitrogens is 2. The lowest BCUT2D eigenvalue weighted by Gasteiger charge is -2.20. The van der Waals surface area contributed by atoms with E-state index in [1.807, 2.05) is 31.2 Å². The van der Waals surface area contributed by atoms with Gasteiger partial charge in [0.2, 0.25) is 11.7 Å². The van der Waals surface area contributed by atoms with Gasteiger partial charge in [-0.3, -0.25) is 0 Å². The first kappa shape index (κ1) is 16.0. The summed E-state index contributed by atoms with van der Waals surface area (Å²) >= 11 is 0. The van der Waals surface area contributed by atoms with Crippen LogP contribution in [0.5, 0.6) is 0 Å². The topological polar surface area (TPSA) is 77.2 Å². The van der Waals surface area contributed by atoms with E-state index in [4.69, 9.17) is 9.26 Å². The zero-order valence-corrected chi connectivity index (χ0v) is 13.5. The van der Waals surface area contributed by atoms with Gasteiger partial charge >= 0.3 is 6.09 Å². The average Bonchev–Trinajstić information content (AvgIpc) is 2.85. The number of nitrogens with one attached hydrogen (secondary N) is 1. The zero-order valence-electron chi connectivity index (χ0n) is 13.5. The van der Waals surface area contributed by atoms with E-state index in [0.717, 1.165) is 11.1 Å². The minimum atomic E-state index is -0.550. The zero-order chi connectivity index (χ0) is 16.3. The lowest BCUT2D eigenvalue weighted by Crippen LogP contribution is -2.34. The highest BCUT2D eigenvalue weighted by molar-refractivity contribution is 5.68. The molecule has 0 radical (unpaired) electrons. The maximum absolute atomic E-state index is 11.7. The number of alkyl carbamates (subject to hydrolysis) is 1. The second kappa shape index (κ2) is 6.17. The van der Waals surface area contributed by atoms with Crippen molar-refractivity contribution in [2.75, 3.05) is 0 Å². The van der Waals surface area contributed by atoms with Crippen molar-refractivity contribution < 1.29 is 14.1 Å². The van der Waals surface area contributed by atoms with Crippen molar-refractivity contribution >= 4 is 6.09 Å². The van der Waals surface area contributed by atoms with Crippen LogP contribution in [0.1, 0.15) is 45.2 Å². The molecule has 0 aliphatic rings. The van der Waals surface area contributed by atoms with E-state index in [1.54, 1.807) is 27.7 Å². The first-order valence-corrected chi connectivity index (χ1v) is 7.15. The first-order valence-electron chi connectivity index (χ1n) is 7.15. The predicted octanol–water partition coefficient (Wildman–Crippen LogP) is 3.63. The first-order chi connectivity index (χ1) is 10.2. The van der Waals surface area contributed by atoms with Crippen LogP contribution in [0.25, 0.3) is 11.4 Å². The van der Waals surface area contributed by atoms with Gasteiger partial charge in [-0.2, -0.15) is 4.98 Å². The van der Waals surface area contributed by atoms with Crippen molar-refractivity contribution in [3.05, 3.63) is 35.7 Å². The Balaban J connectivity index is 2.06. The molecule has 1 N–H and O–H groups in total. The van der Waals surface area contributed by atoms with Crippen LogP contribution in [0.4, 0.5) is 4.79 Å². The van der Waals surface area contributed by atoms with Crippen LogP contribution in [0, 0.1) is 6.92 Å². The predicted molar refractivity (Wildman–Crippen MR) is 82.3 cm³/mol. The summed E-state index contributed by atoms with van der Waals surface area (Å²) in [5.74, 6) is 0.832. The van der Waals surface area contributed by atoms with Crippen molar-refractivity contribution in [2.24, 2.45) is 0 Å². The smallest absolute Gasteiger partial charge is 0.408 e. The molecule has 0 aliphatic heterocycles. The molecule has 0 saturated carbocycles. The van der Waals surface area contributed by atoms with Crippen LogP contribution in [0.2, 0.25) is 0 Å². The monoisotopic (exact) mass is 303 g/mol. The maximum atomic E-state index is 11.7. The van der Waals surface area contributed by atoms with Gasteiger partial charge in [-0.05, 0) is 40.7 Å². The molecule has 6 heteroatoms. The molecule has 0 fully saturated rings. The molecule has 0 bridgehead atoms. The summed E-state index contributed by atoms with van der Waals surface area (Å²) in [5, 5.41) is 6.62. The highest BCUT2D eigenvalue weighted by atomic mass is 16.6. The molecule has 6 nitrogen and oxygen atoms in total. The van der Waals surface area contributed by atoms with Crippen LogP contribution in [0.15, 0.2) is 28.8 Å². The number of hydrogen-bond acceptors (Lipinski definition) is 5. The largest absolute Gasteiger partial charge is 0.444 e. The minimum absolute atomic E-state index is 0.336. The van der Waals surface area contributed by atoms with E-state index in [-0.39, 0.29) is 0 Å². The Hall–Kier alpha value is -2.37. The molecule has 118 valence electrons. The highest BCUT2D eigenvalue weighted by Crippen LogP contribution is 2.19. The third-order valence-corrected chi connectivity index (χ3v) is 2.82. The quantitative estimate of drug-likeness (QED) is 0.936. The SMILES string of the molecule is Cc1cccc(-c2noc([C@H](C)NC(=O)OC(C)(C)C)n2)c1. The summed E-state index contributed by atoms with van der Waals surface area (Å²) in [7, 11) is 0. The van der Waals surface area contributed by atoms with Gasteiger partial charge in [-0.15, -0.1) is 0 Å². The lowest BCUT2D eigenvalue weighted by molar-refractivity contribution is 0.0499. The number of aryl methyl sites for hydroxylation is 1. The average molecular weight is 303 g/mol. The Morgan fingerprint density at radius 1 is 1.36 bits per heavy atom. The van der Waals surface area contributed by atoms with Crippen molar-refractivity contribution in [3.8, 4) is 11.4 Å². The molecule has 22 heavy (non-hydrogen) atoms. The number of carbonyl (C=O) groups excluding carboxylic acids is 1. The number of hydrogen-bond donors (Lipinski definition) is 1. The molecular formula is C16H21N3O3. The third kappa shape index (κ3) is 4.31. The molecule has 1 heterocycles. The van der Waals surface area contributed by atoms with Gasteiger partial charge < -0.3 is 14.6 Å². The fourth-order valence-corrected chi connectivity index (χ4v) is 1.86. The van der Waals surface area contributed by atoms with Crippen LogP contribution >= 0.6 is 0 Å². The normalized spacial score (nSPS) is 12.8. The van der Waals surface area contributed by atoms with E-state index in [1.165, 1.54) is 0 Å². The summed E-state index contributed by atoms with van der Waals surface area (Å²) in [6.45, 7) is 9.17. The number of benzene rings is 1. The number of nitrogens with zero attached hydrogens (tertiary/aromatic N) is 2. The fraction of sp³-hybridized carbons (Fsp3) is 0.438. The highest BCUT2D eigenvalue weighted by Gasteiger charge is 2.21. The van der Waals surface area contributed by atoms with Gasteiger partial charge in [-0.1, -0.05) is 28.9 Å². The summed E-state index contributed by atoms with van der Waals surface area (Å²) in [4.78, 5) is 16.1. The Morgan fingerprint density at radius 2 is 2.09 bits per heavy atom. The molecule has 1 amide bonds. The molecule has 0 aliphatic carbocycles. The number of carbonyl (C=O) groups is 1. The second-order valence-electron chi connectivity index (χ2n) is 6.19. The van der Waals surface area contributed by atoms with Crippen molar-refractivity contribution in [3.63, 3.8) is 0 Å². The van der Waals surface area contributed by atoms with E-state index in [9.17, 15) is 4.79 Å². The Bertz CT molecular complexity index is 659. The molecule has 2 aromatic rings. The molecule has 1 aromatic heterocycles. The second-order valence-corrected chi connectivity index (χ2v) is 6.19. The Morgan fingerprint density at radius 3 is 2.73 bits per heavy atom. The molecule has 1 aromatic carbocycles. The van der Waals surface area contributed by atoms with Gasteiger partial charge in [-0.25, -0.2) is 4.79 Å². The van der Waals surface area contributed by atoms with Crippen LogP contribution in [0.3, 0.4) is 0 Å². The lowest BCUT2D eigenvalue weighted by atomic mass is 10.1. The van der Waals surface area contributed by atoms with Gasteiger partial charge in [0.15, 0.2) is 0 Å². The van der Waals surface area contributed by atoms with Crippen molar-refractivity contribution in [2.45, 2.75) is 46.3 Å². The van der Waals surface area contributed by atoms with Crippen LogP contribution < -0.4 is 5.32 Å². The van der Waals surface area contributed by atoms with E-state index in [2.05, 4.69) is 15.5 Å². The molecular weight excluding hydrogens is 282 g/mol. The van der Waals surface area contributed by atoms with Crippen LogP contribution in [-0.4, -0.2) is 21.8 Å². The van der Waals surface area contributed by atoms with E-state index in [0.29, 0.717) is 11.7 Å². The minimum Gasteiger partial charge on any atom is -0.444 e.